The van der Waals surface area contributed by atoms with Gasteiger partial charge in [0.1, 0.15) is 0 Å². The highest BCUT2D eigenvalue weighted by atomic mass is 19.3. The fourth-order valence-corrected chi connectivity index (χ4v) is 2.05. The Morgan fingerprint density at radius 1 is 1.62 bits per heavy atom. The molecule has 1 saturated heterocycles. The number of halogens is 2. The van der Waals surface area contributed by atoms with Crippen molar-refractivity contribution in [2.24, 2.45) is 5.92 Å². The van der Waals surface area contributed by atoms with E-state index in [1.54, 1.807) is 19.0 Å². The van der Waals surface area contributed by atoms with Crippen LogP contribution in [0, 0.1) is 5.92 Å². The molecule has 0 aromatic heterocycles. The smallest absolute Gasteiger partial charge is 0.317 e. The van der Waals surface area contributed by atoms with E-state index in [0.717, 1.165) is 0 Å². The van der Waals surface area contributed by atoms with Gasteiger partial charge in [-0.3, -0.25) is 9.69 Å². The van der Waals surface area contributed by atoms with Crippen molar-refractivity contribution in [3.05, 3.63) is 0 Å². The van der Waals surface area contributed by atoms with Gasteiger partial charge in [-0.25, -0.2) is 8.78 Å². The van der Waals surface area contributed by atoms with Gasteiger partial charge in [0.25, 0.3) is 5.92 Å². The van der Waals surface area contributed by atoms with E-state index < -0.39 is 17.8 Å². The van der Waals surface area contributed by atoms with Gasteiger partial charge < -0.3 is 10.0 Å². The number of rotatable bonds is 4. The summed E-state index contributed by atoms with van der Waals surface area (Å²) in [5.74, 6) is -4.45. The zero-order chi connectivity index (χ0) is 12.3. The minimum Gasteiger partial charge on any atom is -0.480 e. The highest BCUT2D eigenvalue weighted by Gasteiger charge is 2.43. The molecule has 1 aliphatic heterocycles. The molecule has 4 nitrogen and oxygen atoms in total. The van der Waals surface area contributed by atoms with E-state index in [9.17, 15) is 13.6 Å². The Labute approximate surface area is 93.8 Å². The normalized spacial score (nSPS) is 25.9. The Balaban J connectivity index is 2.50. The number of hydrogen-bond acceptors (Lipinski definition) is 3. The molecule has 0 radical (unpaired) electrons. The van der Waals surface area contributed by atoms with Crippen LogP contribution < -0.4 is 0 Å². The number of carboxylic acid groups (broad SMARTS) is 1. The van der Waals surface area contributed by atoms with Gasteiger partial charge in [0.15, 0.2) is 0 Å². The molecule has 1 N–H and O–H groups in total. The Morgan fingerprint density at radius 2 is 2.25 bits per heavy atom. The number of likely N-dealkylation sites (tertiary alicyclic amines) is 1. The number of likely N-dealkylation sites (N-methyl/N-ethyl adjacent to an activating group) is 1. The summed E-state index contributed by atoms with van der Waals surface area (Å²) in [7, 11) is 3.23. The average molecular weight is 236 g/mol. The second kappa shape index (κ2) is 5.05. The van der Waals surface area contributed by atoms with E-state index in [-0.39, 0.29) is 19.6 Å². The van der Waals surface area contributed by atoms with E-state index in [2.05, 4.69) is 0 Å². The van der Waals surface area contributed by atoms with Crippen molar-refractivity contribution in [2.45, 2.75) is 12.3 Å². The van der Waals surface area contributed by atoms with E-state index in [1.165, 1.54) is 4.90 Å². The number of nitrogens with zero attached hydrogens (tertiary/aromatic N) is 2. The van der Waals surface area contributed by atoms with Gasteiger partial charge in [0.05, 0.1) is 13.1 Å². The summed E-state index contributed by atoms with van der Waals surface area (Å²) in [5.41, 5.74) is 0. The molecule has 0 amide bonds. The molecule has 0 aromatic carbocycles. The van der Waals surface area contributed by atoms with Crippen LogP contribution in [0.2, 0.25) is 0 Å². The predicted octanol–water partition coefficient (Wildman–Crippen LogP) is 0.590. The second-order valence-electron chi connectivity index (χ2n) is 4.57. The van der Waals surface area contributed by atoms with Crippen LogP contribution in [0.5, 0.6) is 0 Å². The molecular weight excluding hydrogens is 218 g/mol. The SMILES string of the molecule is CN(CC(=O)O)CC1CCN(C)CC1(F)F. The summed E-state index contributed by atoms with van der Waals surface area (Å²) in [6, 6.07) is 0. The molecule has 1 unspecified atom stereocenters. The third-order valence-electron chi connectivity index (χ3n) is 2.87. The minimum atomic E-state index is -2.72. The molecule has 16 heavy (non-hydrogen) atoms. The Hall–Kier alpha value is -0.750. The lowest BCUT2D eigenvalue weighted by atomic mass is 9.92. The quantitative estimate of drug-likeness (QED) is 0.776. The molecule has 0 spiro atoms. The fourth-order valence-electron chi connectivity index (χ4n) is 2.05. The van der Waals surface area contributed by atoms with Crippen LogP contribution in [-0.2, 0) is 4.79 Å². The number of alkyl halides is 2. The van der Waals surface area contributed by atoms with E-state index in [1.807, 2.05) is 0 Å². The van der Waals surface area contributed by atoms with Crippen LogP contribution in [0.25, 0.3) is 0 Å². The molecule has 0 bridgehead atoms. The van der Waals surface area contributed by atoms with E-state index >= 15 is 0 Å². The molecule has 94 valence electrons. The highest BCUT2D eigenvalue weighted by Crippen LogP contribution is 2.32. The largest absolute Gasteiger partial charge is 0.480 e. The maximum Gasteiger partial charge on any atom is 0.317 e. The van der Waals surface area contributed by atoms with E-state index in [4.69, 9.17) is 5.11 Å². The predicted molar refractivity (Wildman–Crippen MR) is 55.7 cm³/mol. The maximum absolute atomic E-state index is 13.6. The monoisotopic (exact) mass is 236 g/mol. The summed E-state index contributed by atoms with van der Waals surface area (Å²) in [5, 5.41) is 8.55. The zero-order valence-electron chi connectivity index (χ0n) is 9.62. The van der Waals surface area contributed by atoms with Gasteiger partial charge in [-0.15, -0.1) is 0 Å². The van der Waals surface area contributed by atoms with Gasteiger partial charge in [0.2, 0.25) is 0 Å². The first-order valence-corrected chi connectivity index (χ1v) is 5.28. The number of carboxylic acids is 1. The topological polar surface area (TPSA) is 43.8 Å². The maximum atomic E-state index is 13.6. The lowest BCUT2D eigenvalue weighted by molar-refractivity contribution is -0.140. The fraction of sp³-hybridized carbons (Fsp3) is 0.900. The zero-order valence-corrected chi connectivity index (χ0v) is 9.62. The van der Waals surface area contributed by atoms with Crippen LogP contribution in [0.3, 0.4) is 0 Å². The lowest BCUT2D eigenvalue weighted by Gasteiger charge is -2.38. The van der Waals surface area contributed by atoms with Crippen molar-refractivity contribution in [3.8, 4) is 0 Å². The van der Waals surface area contributed by atoms with Crippen LogP contribution in [0.1, 0.15) is 6.42 Å². The van der Waals surface area contributed by atoms with Crippen LogP contribution in [-0.4, -0.2) is 67.1 Å². The van der Waals surface area contributed by atoms with Crippen molar-refractivity contribution < 1.29 is 18.7 Å². The average Bonchev–Trinajstić information content (AvgIpc) is 2.07. The number of carbonyl (C=O) groups is 1. The summed E-state index contributed by atoms with van der Waals surface area (Å²) in [6.07, 6.45) is 0.410. The summed E-state index contributed by atoms with van der Waals surface area (Å²) in [4.78, 5) is 13.5. The molecule has 1 aliphatic rings. The molecule has 0 saturated carbocycles. The molecule has 1 rings (SSSR count). The lowest BCUT2D eigenvalue weighted by Crippen LogP contribution is -2.50. The molecule has 1 atom stereocenters. The summed E-state index contributed by atoms with van der Waals surface area (Å²) >= 11 is 0. The number of piperidine rings is 1. The Bertz CT molecular complexity index is 261. The van der Waals surface area contributed by atoms with Gasteiger partial charge >= 0.3 is 5.97 Å². The second-order valence-corrected chi connectivity index (χ2v) is 4.57. The summed E-state index contributed by atoms with van der Waals surface area (Å²) < 4.78 is 27.2. The molecule has 6 heteroatoms. The van der Waals surface area contributed by atoms with Crippen molar-refractivity contribution in [3.63, 3.8) is 0 Å². The standard InChI is InChI=1S/C10H18F2N2O2/c1-13-4-3-8(10(11,12)7-13)5-14(2)6-9(15)16/h8H,3-7H2,1-2H3,(H,15,16). The van der Waals surface area contributed by atoms with Crippen LogP contribution >= 0.6 is 0 Å². The molecule has 1 fully saturated rings. The van der Waals surface area contributed by atoms with Crippen molar-refractivity contribution in [1.82, 2.24) is 9.80 Å². The van der Waals surface area contributed by atoms with Gasteiger partial charge in [0, 0.05) is 12.5 Å². The summed E-state index contributed by atoms with van der Waals surface area (Å²) in [6.45, 7) is 0.343. The van der Waals surface area contributed by atoms with Crippen molar-refractivity contribution >= 4 is 5.97 Å². The first kappa shape index (κ1) is 13.3. The molecule has 0 aliphatic carbocycles. The Kier molecular flexibility index (Phi) is 4.21. The molecule has 1 heterocycles. The van der Waals surface area contributed by atoms with Crippen LogP contribution in [0.4, 0.5) is 8.78 Å². The van der Waals surface area contributed by atoms with Crippen molar-refractivity contribution in [1.29, 1.82) is 0 Å². The molecule has 0 aromatic rings. The van der Waals surface area contributed by atoms with Crippen molar-refractivity contribution in [2.75, 3.05) is 40.3 Å². The van der Waals surface area contributed by atoms with E-state index in [0.29, 0.717) is 13.0 Å². The van der Waals surface area contributed by atoms with Gasteiger partial charge in [-0.05, 0) is 27.1 Å². The Morgan fingerprint density at radius 3 is 2.75 bits per heavy atom. The first-order chi connectivity index (χ1) is 7.31. The van der Waals surface area contributed by atoms with Gasteiger partial charge in [-0.1, -0.05) is 0 Å². The van der Waals surface area contributed by atoms with Crippen LogP contribution in [0.15, 0.2) is 0 Å². The third-order valence-corrected chi connectivity index (χ3v) is 2.87. The van der Waals surface area contributed by atoms with Gasteiger partial charge in [-0.2, -0.15) is 0 Å². The third kappa shape index (κ3) is 3.68. The first-order valence-electron chi connectivity index (χ1n) is 5.28. The number of hydrogen-bond donors (Lipinski definition) is 1. The molecular formula is C10H18F2N2O2. The highest BCUT2D eigenvalue weighted by molar-refractivity contribution is 5.68. The number of aliphatic carboxylic acids is 1. The minimum absolute atomic E-state index is 0.132.